The SMILES string of the molecule is CS(=O)(=O)N1CC=C(c2cnc(NCC3Cc4cc(F)ccc4O3)n3cnnc23)CC1. The van der Waals surface area contributed by atoms with E-state index in [1.807, 2.05) is 6.08 Å². The van der Waals surface area contributed by atoms with Crippen LogP contribution in [0.25, 0.3) is 11.2 Å². The molecule has 1 aromatic carbocycles. The van der Waals surface area contributed by atoms with Gasteiger partial charge < -0.3 is 10.1 Å². The lowest BCUT2D eigenvalue weighted by Gasteiger charge is -2.24. The Balaban J connectivity index is 1.32. The molecule has 1 atom stereocenters. The number of ether oxygens (including phenoxy) is 1. The number of halogens is 1. The average molecular weight is 444 g/mol. The first kappa shape index (κ1) is 19.9. The molecular weight excluding hydrogens is 423 g/mol. The van der Waals surface area contributed by atoms with Gasteiger partial charge >= 0.3 is 0 Å². The molecule has 2 aromatic heterocycles. The summed E-state index contributed by atoms with van der Waals surface area (Å²) < 4.78 is 46.0. The van der Waals surface area contributed by atoms with Crippen LogP contribution >= 0.6 is 0 Å². The van der Waals surface area contributed by atoms with Crippen LogP contribution in [0, 0.1) is 5.82 Å². The van der Waals surface area contributed by atoms with Gasteiger partial charge in [-0.3, -0.25) is 4.40 Å². The van der Waals surface area contributed by atoms with Crippen LogP contribution < -0.4 is 10.1 Å². The molecule has 0 spiro atoms. The predicted molar refractivity (Wildman–Crippen MR) is 113 cm³/mol. The zero-order chi connectivity index (χ0) is 21.6. The highest BCUT2D eigenvalue weighted by Crippen LogP contribution is 2.30. The zero-order valence-corrected chi connectivity index (χ0v) is 17.6. The van der Waals surface area contributed by atoms with Crippen LogP contribution in [-0.4, -0.2) is 64.3 Å². The van der Waals surface area contributed by atoms with E-state index in [9.17, 15) is 12.8 Å². The smallest absolute Gasteiger partial charge is 0.211 e. The predicted octanol–water partition coefficient (Wildman–Crippen LogP) is 1.73. The molecule has 0 saturated heterocycles. The number of sulfonamides is 1. The number of anilines is 1. The molecule has 11 heteroatoms. The van der Waals surface area contributed by atoms with Crippen molar-refractivity contribution in [3.63, 3.8) is 0 Å². The maximum atomic E-state index is 13.4. The van der Waals surface area contributed by atoms with Crippen LogP contribution in [0.4, 0.5) is 10.3 Å². The van der Waals surface area contributed by atoms with Gasteiger partial charge in [-0.1, -0.05) is 6.08 Å². The highest BCUT2D eigenvalue weighted by atomic mass is 32.2. The maximum absolute atomic E-state index is 13.4. The molecule has 0 fully saturated rings. The first-order chi connectivity index (χ1) is 14.9. The van der Waals surface area contributed by atoms with Gasteiger partial charge in [0.15, 0.2) is 5.65 Å². The quantitative estimate of drug-likeness (QED) is 0.639. The fraction of sp³-hybridized carbons (Fsp3) is 0.350. The second-order valence-electron chi connectivity index (χ2n) is 7.70. The summed E-state index contributed by atoms with van der Waals surface area (Å²) in [6.07, 6.45) is 7.49. The van der Waals surface area contributed by atoms with Crippen LogP contribution in [-0.2, 0) is 16.4 Å². The zero-order valence-electron chi connectivity index (χ0n) is 16.8. The number of benzene rings is 1. The minimum atomic E-state index is -3.21. The maximum Gasteiger partial charge on any atom is 0.211 e. The van der Waals surface area contributed by atoms with E-state index < -0.39 is 10.0 Å². The van der Waals surface area contributed by atoms with Crippen molar-refractivity contribution < 1.29 is 17.5 Å². The molecule has 5 rings (SSSR count). The second kappa shape index (κ2) is 7.57. The molecule has 2 aliphatic rings. The fourth-order valence-electron chi connectivity index (χ4n) is 3.98. The van der Waals surface area contributed by atoms with Gasteiger partial charge in [0.25, 0.3) is 0 Å². The van der Waals surface area contributed by atoms with Gasteiger partial charge in [-0.2, -0.15) is 4.31 Å². The summed E-state index contributed by atoms with van der Waals surface area (Å²) in [5.74, 6) is 1.01. The molecule has 1 N–H and O–H groups in total. The second-order valence-corrected chi connectivity index (χ2v) is 9.68. The van der Waals surface area contributed by atoms with Gasteiger partial charge in [0, 0.05) is 36.8 Å². The van der Waals surface area contributed by atoms with E-state index >= 15 is 0 Å². The average Bonchev–Trinajstić information content (AvgIpc) is 3.38. The third-order valence-electron chi connectivity index (χ3n) is 5.57. The van der Waals surface area contributed by atoms with E-state index in [4.69, 9.17) is 4.74 Å². The van der Waals surface area contributed by atoms with Crippen LogP contribution in [0.1, 0.15) is 17.5 Å². The van der Waals surface area contributed by atoms with E-state index in [1.54, 1.807) is 23.0 Å². The Kier molecular flexibility index (Phi) is 4.86. The standard InChI is InChI=1S/C20H21FN6O3S/c1-31(28,29)26-6-4-13(5-7-26)17-11-23-20(27-12-24-25-19(17)27)22-10-16-9-14-8-15(21)2-3-18(14)30-16/h2-4,8,11-12,16H,5-7,9-10H2,1H3,(H,22,23). The lowest BCUT2D eigenvalue weighted by atomic mass is 10.0. The van der Waals surface area contributed by atoms with Crippen LogP contribution in [0.15, 0.2) is 36.8 Å². The summed E-state index contributed by atoms with van der Waals surface area (Å²) in [4.78, 5) is 4.53. The third kappa shape index (κ3) is 3.86. The Hall–Kier alpha value is -3.05. The molecule has 31 heavy (non-hydrogen) atoms. The summed E-state index contributed by atoms with van der Waals surface area (Å²) >= 11 is 0. The molecular formula is C20H21FN6O3S. The van der Waals surface area contributed by atoms with Crippen molar-refractivity contribution in [3.05, 3.63) is 53.7 Å². The fourth-order valence-corrected chi connectivity index (χ4v) is 4.75. The molecule has 0 saturated carbocycles. The summed E-state index contributed by atoms with van der Waals surface area (Å²) in [5, 5.41) is 11.5. The van der Waals surface area contributed by atoms with E-state index in [2.05, 4.69) is 20.5 Å². The van der Waals surface area contributed by atoms with Crippen molar-refractivity contribution >= 4 is 27.2 Å². The molecule has 0 amide bonds. The molecule has 1 unspecified atom stereocenters. The molecule has 2 aliphatic heterocycles. The van der Waals surface area contributed by atoms with E-state index in [1.165, 1.54) is 22.7 Å². The Morgan fingerprint density at radius 2 is 2.23 bits per heavy atom. The highest BCUT2D eigenvalue weighted by Gasteiger charge is 2.25. The highest BCUT2D eigenvalue weighted by molar-refractivity contribution is 7.88. The molecule has 0 aliphatic carbocycles. The van der Waals surface area contributed by atoms with Gasteiger partial charge in [-0.25, -0.2) is 17.8 Å². The number of rotatable bonds is 5. The summed E-state index contributed by atoms with van der Waals surface area (Å²) in [7, 11) is -3.21. The monoisotopic (exact) mass is 444 g/mol. The molecule has 0 radical (unpaired) electrons. The van der Waals surface area contributed by atoms with Crippen molar-refractivity contribution in [2.45, 2.75) is 18.9 Å². The van der Waals surface area contributed by atoms with Gasteiger partial charge in [-0.05, 0) is 30.2 Å². The van der Waals surface area contributed by atoms with Crippen molar-refractivity contribution in [3.8, 4) is 5.75 Å². The van der Waals surface area contributed by atoms with E-state index in [0.717, 1.165) is 16.7 Å². The topological polar surface area (TPSA) is 102 Å². The van der Waals surface area contributed by atoms with Gasteiger partial charge in [0.1, 0.15) is 24.0 Å². The lowest BCUT2D eigenvalue weighted by Crippen LogP contribution is -2.33. The van der Waals surface area contributed by atoms with Crippen LogP contribution in [0.5, 0.6) is 5.75 Å². The molecule has 0 bridgehead atoms. The molecule has 9 nitrogen and oxygen atoms in total. The molecule has 162 valence electrons. The number of nitrogens with one attached hydrogen (secondary N) is 1. The van der Waals surface area contributed by atoms with Crippen molar-refractivity contribution in [1.82, 2.24) is 23.9 Å². The van der Waals surface area contributed by atoms with Crippen molar-refractivity contribution in [2.24, 2.45) is 0 Å². The number of hydrogen-bond donors (Lipinski definition) is 1. The minimum absolute atomic E-state index is 0.132. The van der Waals surface area contributed by atoms with Crippen LogP contribution in [0.2, 0.25) is 0 Å². The van der Waals surface area contributed by atoms with E-state index in [0.29, 0.717) is 49.8 Å². The van der Waals surface area contributed by atoms with E-state index in [-0.39, 0.29) is 11.9 Å². The normalized spacial score (nSPS) is 19.2. The summed E-state index contributed by atoms with van der Waals surface area (Å²) in [6, 6.07) is 4.55. The Morgan fingerprint density at radius 3 is 3.00 bits per heavy atom. The molecule has 3 aromatic rings. The number of aromatic nitrogens is 4. The first-order valence-electron chi connectivity index (χ1n) is 9.91. The molecule has 4 heterocycles. The lowest BCUT2D eigenvalue weighted by molar-refractivity contribution is 0.246. The first-order valence-corrected chi connectivity index (χ1v) is 11.8. The van der Waals surface area contributed by atoms with Crippen LogP contribution in [0.3, 0.4) is 0 Å². The van der Waals surface area contributed by atoms with Gasteiger partial charge in [-0.15, -0.1) is 10.2 Å². The van der Waals surface area contributed by atoms with Crippen molar-refractivity contribution in [1.29, 1.82) is 0 Å². The van der Waals surface area contributed by atoms with Gasteiger partial charge in [0.05, 0.1) is 12.8 Å². The van der Waals surface area contributed by atoms with Gasteiger partial charge in [0.2, 0.25) is 16.0 Å². The number of nitrogens with zero attached hydrogens (tertiary/aromatic N) is 5. The summed E-state index contributed by atoms with van der Waals surface area (Å²) in [5.41, 5.74) is 3.33. The Labute approximate surface area is 178 Å². The number of fused-ring (bicyclic) bond motifs is 2. The largest absolute Gasteiger partial charge is 0.488 e. The third-order valence-corrected chi connectivity index (χ3v) is 6.84. The minimum Gasteiger partial charge on any atom is -0.488 e. The number of hydrogen-bond acceptors (Lipinski definition) is 7. The Bertz CT molecular complexity index is 1290. The van der Waals surface area contributed by atoms with Crippen molar-refractivity contribution in [2.75, 3.05) is 31.2 Å². The summed E-state index contributed by atoms with van der Waals surface area (Å²) in [6.45, 7) is 1.24. The Morgan fingerprint density at radius 1 is 1.35 bits per heavy atom.